The largest absolute Gasteiger partial charge is 0.486 e. The van der Waals surface area contributed by atoms with Crippen molar-refractivity contribution in [3.05, 3.63) is 94.8 Å². The van der Waals surface area contributed by atoms with Crippen molar-refractivity contribution in [2.45, 2.75) is 6.54 Å². The first-order chi connectivity index (χ1) is 16.7. The van der Waals surface area contributed by atoms with Crippen molar-refractivity contribution in [2.75, 3.05) is 24.7 Å². The van der Waals surface area contributed by atoms with Crippen molar-refractivity contribution in [1.82, 2.24) is 15.0 Å². The molecule has 0 saturated carbocycles. The Kier molecular flexibility index (Phi) is 6.03. The number of carbonyl (C=O) groups excluding carboxylic acids is 1. The predicted molar refractivity (Wildman–Crippen MR) is 129 cm³/mol. The van der Waals surface area contributed by atoms with Gasteiger partial charge in [0.25, 0.3) is 5.56 Å². The fourth-order valence-corrected chi connectivity index (χ4v) is 3.75. The van der Waals surface area contributed by atoms with Crippen LogP contribution in [0.15, 0.2) is 83.7 Å². The number of hydrogen-bond acceptors (Lipinski definition) is 6. The number of fused-ring (bicyclic) bond motifs is 2. The van der Waals surface area contributed by atoms with Crippen LogP contribution in [0.4, 0.5) is 5.69 Å². The molecule has 5 rings (SSSR count). The zero-order chi connectivity index (χ0) is 23.3. The summed E-state index contributed by atoms with van der Waals surface area (Å²) in [6.07, 6.45) is 3.85. The molecule has 1 aliphatic rings. The van der Waals surface area contributed by atoms with Crippen LogP contribution in [0.5, 0.6) is 11.5 Å². The maximum absolute atomic E-state index is 13.4. The SMILES string of the molecule is O=C(Cn1nnc2ccccc2c1=O)N(CC=Cc1ccccc1)c1ccc2c(c1)OCCO2. The number of ether oxygens (including phenoxy) is 2. The summed E-state index contributed by atoms with van der Waals surface area (Å²) >= 11 is 0. The van der Waals surface area contributed by atoms with Gasteiger partial charge in [0.15, 0.2) is 11.5 Å². The van der Waals surface area contributed by atoms with Gasteiger partial charge >= 0.3 is 0 Å². The van der Waals surface area contributed by atoms with E-state index in [-0.39, 0.29) is 18.0 Å². The Morgan fingerprint density at radius 2 is 1.74 bits per heavy atom. The Morgan fingerprint density at radius 1 is 0.971 bits per heavy atom. The van der Waals surface area contributed by atoms with E-state index in [1.807, 2.05) is 42.5 Å². The average molecular weight is 454 g/mol. The van der Waals surface area contributed by atoms with Gasteiger partial charge in [0, 0.05) is 18.3 Å². The molecular weight excluding hydrogens is 432 g/mol. The van der Waals surface area contributed by atoms with E-state index in [1.165, 1.54) is 0 Å². The second-order valence-corrected chi connectivity index (χ2v) is 7.71. The predicted octanol–water partition coefficient (Wildman–Crippen LogP) is 3.31. The van der Waals surface area contributed by atoms with E-state index in [2.05, 4.69) is 10.3 Å². The molecule has 0 atom stereocenters. The van der Waals surface area contributed by atoms with Gasteiger partial charge in [-0.2, -0.15) is 0 Å². The van der Waals surface area contributed by atoms with Gasteiger partial charge in [-0.05, 0) is 29.8 Å². The maximum Gasteiger partial charge on any atom is 0.278 e. The number of hydrogen-bond donors (Lipinski definition) is 0. The lowest BCUT2D eigenvalue weighted by molar-refractivity contribution is -0.119. The molecule has 34 heavy (non-hydrogen) atoms. The van der Waals surface area contributed by atoms with E-state index < -0.39 is 0 Å². The number of nitrogens with zero attached hydrogens (tertiary/aromatic N) is 4. The van der Waals surface area contributed by atoms with E-state index >= 15 is 0 Å². The zero-order valence-corrected chi connectivity index (χ0v) is 18.3. The topological polar surface area (TPSA) is 86.5 Å². The van der Waals surface area contributed by atoms with Gasteiger partial charge in [0.1, 0.15) is 25.3 Å². The van der Waals surface area contributed by atoms with E-state index in [1.54, 1.807) is 47.4 Å². The lowest BCUT2D eigenvalue weighted by atomic mass is 10.2. The number of aromatic nitrogens is 3. The van der Waals surface area contributed by atoms with E-state index in [0.29, 0.717) is 47.8 Å². The second kappa shape index (κ2) is 9.58. The number of carbonyl (C=O) groups is 1. The van der Waals surface area contributed by atoms with Crippen molar-refractivity contribution < 1.29 is 14.3 Å². The molecule has 8 heteroatoms. The molecule has 0 N–H and O–H groups in total. The quantitative estimate of drug-likeness (QED) is 0.444. The minimum atomic E-state index is -0.360. The lowest BCUT2D eigenvalue weighted by Gasteiger charge is -2.24. The van der Waals surface area contributed by atoms with Crippen LogP contribution < -0.4 is 19.9 Å². The van der Waals surface area contributed by atoms with E-state index in [4.69, 9.17) is 9.47 Å². The van der Waals surface area contributed by atoms with Gasteiger partial charge in [-0.3, -0.25) is 9.59 Å². The summed E-state index contributed by atoms with van der Waals surface area (Å²) in [5.41, 5.74) is 1.79. The summed E-state index contributed by atoms with van der Waals surface area (Å²) < 4.78 is 12.4. The molecule has 0 saturated heterocycles. The monoisotopic (exact) mass is 454 g/mol. The van der Waals surface area contributed by atoms with Crippen molar-refractivity contribution >= 4 is 28.6 Å². The van der Waals surface area contributed by atoms with Gasteiger partial charge < -0.3 is 14.4 Å². The molecule has 8 nitrogen and oxygen atoms in total. The molecule has 3 aromatic carbocycles. The molecule has 4 aromatic rings. The minimum absolute atomic E-state index is 0.246. The summed E-state index contributed by atoms with van der Waals surface area (Å²) in [4.78, 5) is 27.8. The fraction of sp³-hybridized carbons (Fsp3) is 0.154. The summed E-state index contributed by atoms with van der Waals surface area (Å²) in [5.74, 6) is 0.913. The third-order valence-corrected chi connectivity index (χ3v) is 5.45. The van der Waals surface area contributed by atoms with Crippen LogP contribution in [-0.2, 0) is 11.3 Å². The molecule has 2 heterocycles. The highest BCUT2D eigenvalue weighted by Crippen LogP contribution is 2.34. The third kappa shape index (κ3) is 4.52. The number of amides is 1. The summed E-state index contributed by atoms with van der Waals surface area (Å²) in [6, 6.07) is 22.1. The van der Waals surface area contributed by atoms with Crippen molar-refractivity contribution in [1.29, 1.82) is 0 Å². The minimum Gasteiger partial charge on any atom is -0.486 e. The van der Waals surface area contributed by atoms with E-state index in [0.717, 1.165) is 10.2 Å². The first kappa shape index (κ1) is 21.4. The normalized spacial score (nSPS) is 12.7. The van der Waals surface area contributed by atoms with Crippen LogP contribution in [0.25, 0.3) is 17.0 Å². The maximum atomic E-state index is 13.4. The first-order valence-electron chi connectivity index (χ1n) is 10.9. The highest BCUT2D eigenvalue weighted by atomic mass is 16.6. The summed E-state index contributed by atoms with van der Waals surface area (Å²) in [5, 5.41) is 8.46. The molecule has 0 spiro atoms. The average Bonchev–Trinajstić information content (AvgIpc) is 2.89. The van der Waals surface area contributed by atoms with Gasteiger partial charge in [0.2, 0.25) is 5.91 Å². The zero-order valence-electron chi connectivity index (χ0n) is 18.3. The second-order valence-electron chi connectivity index (χ2n) is 7.71. The Bertz CT molecular complexity index is 1420. The van der Waals surface area contributed by atoms with Crippen molar-refractivity contribution in [2.24, 2.45) is 0 Å². The van der Waals surface area contributed by atoms with Crippen molar-refractivity contribution in [3.63, 3.8) is 0 Å². The van der Waals surface area contributed by atoms with Crippen LogP contribution in [0.3, 0.4) is 0 Å². The number of anilines is 1. The van der Waals surface area contributed by atoms with Crippen LogP contribution >= 0.6 is 0 Å². The van der Waals surface area contributed by atoms with Crippen LogP contribution in [-0.4, -0.2) is 40.7 Å². The Hall–Kier alpha value is -4.46. The molecule has 1 amide bonds. The fourth-order valence-electron chi connectivity index (χ4n) is 3.75. The molecule has 0 fully saturated rings. The third-order valence-electron chi connectivity index (χ3n) is 5.45. The molecule has 0 unspecified atom stereocenters. The van der Waals surface area contributed by atoms with Crippen LogP contribution in [0.2, 0.25) is 0 Å². The Labute approximate surface area is 195 Å². The van der Waals surface area contributed by atoms with Gasteiger partial charge in [-0.25, -0.2) is 4.68 Å². The van der Waals surface area contributed by atoms with Gasteiger partial charge in [-0.15, -0.1) is 5.10 Å². The molecule has 1 aromatic heterocycles. The molecular formula is C26H22N4O4. The summed E-state index contributed by atoms with van der Waals surface area (Å²) in [7, 11) is 0. The molecule has 170 valence electrons. The molecule has 0 radical (unpaired) electrons. The first-order valence-corrected chi connectivity index (χ1v) is 10.9. The lowest BCUT2D eigenvalue weighted by Crippen LogP contribution is -2.38. The Balaban J connectivity index is 1.45. The summed E-state index contributed by atoms with van der Waals surface area (Å²) in [6.45, 7) is 0.978. The Morgan fingerprint density at radius 3 is 2.59 bits per heavy atom. The molecule has 0 bridgehead atoms. The molecule has 1 aliphatic heterocycles. The van der Waals surface area contributed by atoms with Crippen LogP contribution in [0.1, 0.15) is 5.56 Å². The number of benzene rings is 3. The highest BCUT2D eigenvalue weighted by molar-refractivity contribution is 5.94. The highest BCUT2D eigenvalue weighted by Gasteiger charge is 2.20. The van der Waals surface area contributed by atoms with Crippen molar-refractivity contribution in [3.8, 4) is 11.5 Å². The van der Waals surface area contributed by atoms with Gasteiger partial charge in [-0.1, -0.05) is 59.8 Å². The standard InChI is InChI=1S/C26H22N4O4/c31-25(18-30-26(32)21-10-4-5-11-22(21)27-28-30)29(14-6-9-19-7-2-1-3-8-19)20-12-13-23-24(17-20)34-16-15-33-23/h1-13,17H,14-16,18H2. The molecule has 0 aliphatic carbocycles. The van der Waals surface area contributed by atoms with Gasteiger partial charge in [0.05, 0.1) is 5.39 Å². The van der Waals surface area contributed by atoms with Crippen LogP contribution in [0, 0.1) is 0 Å². The number of rotatable bonds is 6. The van der Waals surface area contributed by atoms with E-state index in [9.17, 15) is 9.59 Å². The smallest absolute Gasteiger partial charge is 0.278 e.